The third kappa shape index (κ3) is 4.08. The average molecular weight is 380 g/mol. The third-order valence-electron chi connectivity index (χ3n) is 4.17. The van der Waals surface area contributed by atoms with Gasteiger partial charge < -0.3 is 14.8 Å². The van der Waals surface area contributed by atoms with Gasteiger partial charge in [-0.2, -0.15) is 0 Å². The first-order valence-electron chi connectivity index (χ1n) is 8.95. The van der Waals surface area contributed by atoms with Crippen molar-refractivity contribution in [2.75, 3.05) is 6.61 Å². The highest BCUT2D eigenvalue weighted by Crippen LogP contribution is 2.31. The first-order chi connectivity index (χ1) is 13.6. The van der Waals surface area contributed by atoms with Crippen LogP contribution in [0.2, 0.25) is 0 Å². The van der Waals surface area contributed by atoms with Crippen LogP contribution in [0.4, 0.5) is 0 Å². The van der Waals surface area contributed by atoms with Gasteiger partial charge in [-0.1, -0.05) is 17.3 Å². The van der Waals surface area contributed by atoms with E-state index in [2.05, 4.69) is 25.6 Å². The predicted molar refractivity (Wildman–Crippen MR) is 99.1 cm³/mol. The lowest BCUT2D eigenvalue weighted by Gasteiger charge is -2.26. The van der Waals surface area contributed by atoms with Gasteiger partial charge >= 0.3 is 0 Å². The number of benzene rings is 1. The van der Waals surface area contributed by atoms with Crippen molar-refractivity contribution in [2.45, 2.75) is 33.0 Å². The van der Waals surface area contributed by atoms with Crippen molar-refractivity contribution in [3.05, 3.63) is 59.4 Å². The minimum absolute atomic E-state index is 0.212. The summed E-state index contributed by atoms with van der Waals surface area (Å²) < 4.78 is 13.2. The Morgan fingerprint density at radius 1 is 1.21 bits per heavy atom. The number of carbonyl (C=O) groups is 1. The van der Waals surface area contributed by atoms with E-state index in [0.717, 1.165) is 17.1 Å². The van der Waals surface area contributed by atoms with Crippen LogP contribution in [0.25, 0.3) is 0 Å². The summed E-state index contributed by atoms with van der Waals surface area (Å²) in [5.41, 5.74) is 1.94. The summed E-state index contributed by atoms with van der Waals surface area (Å²) in [5, 5.41) is 10.7. The molecule has 0 aliphatic carbocycles. The Bertz CT molecular complexity index is 983. The first kappa shape index (κ1) is 17.9. The van der Waals surface area contributed by atoms with Gasteiger partial charge in [-0.3, -0.25) is 4.79 Å². The Labute approximate surface area is 161 Å². The van der Waals surface area contributed by atoms with Crippen LogP contribution in [-0.4, -0.2) is 43.6 Å². The van der Waals surface area contributed by atoms with E-state index in [-0.39, 0.29) is 24.2 Å². The molecule has 0 radical (unpaired) electrons. The lowest BCUT2D eigenvalue weighted by molar-refractivity contribution is 0.0754. The summed E-state index contributed by atoms with van der Waals surface area (Å²) in [6.07, 6.45) is 1.37. The molecular weight excluding hydrogens is 360 g/mol. The summed E-state index contributed by atoms with van der Waals surface area (Å²) in [7, 11) is 0. The monoisotopic (exact) mass is 380 g/mol. The number of amides is 1. The molecule has 3 aromatic rings. The second-order valence-corrected chi connectivity index (χ2v) is 6.57. The SMILES string of the molecule is Cc1cc(C)nc(CNC(=O)c2cn(C[C@@H]3COc4ccccc4O3)nn2)n1. The molecule has 0 fully saturated rings. The van der Waals surface area contributed by atoms with Crippen LogP contribution in [-0.2, 0) is 13.1 Å². The molecule has 0 saturated carbocycles. The third-order valence-corrected chi connectivity index (χ3v) is 4.17. The molecule has 1 aliphatic rings. The Balaban J connectivity index is 1.34. The molecule has 1 aromatic carbocycles. The van der Waals surface area contributed by atoms with Crippen LogP contribution >= 0.6 is 0 Å². The molecule has 2 aromatic heterocycles. The number of hydrogen-bond donors (Lipinski definition) is 1. The number of ether oxygens (including phenoxy) is 2. The number of rotatable bonds is 5. The molecule has 1 atom stereocenters. The minimum atomic E-state index is -0.333. The van der Waals surface area contributed by atoms with Gasteiger partial charge in [0.2, 0.25) is 0 Å². The van der Waals surface area contributed by atoms with Crippen LogP contribution in [0.1, 0.15) is 27.7 Å². The predicted octanol–water partition coefficient (Wildman–Crippen LogP) is 1.45. The molecule has 1 aliphatic heterocycles. The van der Waals surface area contributed by atoms with Crippen LogP contribution in [0.3, 0.4) is 0 Å². The molecule has 28 heavy (non-hydrogen) atoms. The molecule has 0 saturated heterocycles. The van der Waals surface area contributed by atoms with Crippen LogP contribution in [0, 0.1) is 13.8 Å². The molecule has 0 bridgehead atoms. The van der Waals surface area contributed by atoms with E-state index in [1.807, 2.05) is 44.2 Å². The largest absolute Gasteiger partial charge is 0.486 e. The lowest BCUT2D eigenvalue weighted by atomic mass is 10.2. The van der Waals surface area contributed by atoms with Crippen molar-refractivity contribution >= 4 is 5.91 Å². The molecule has 0 unspecified atom stereocenters. The second-order valence-electron chi connectivity index (χ2n) is 6.57. The minimum Gasteiger partial charge on any atom is -0.486 e. The fourth-order valence-electron chi connectivity index (χ4n) is 2.98. The van der Waals surface area contributed by atoms with Gasteiger partial charge in [0.25, 0.3) is 5.91 Å². The molecule has 9 heteroatoms. The summed E-state index contributed by atoms with van der Waals surface area (Å²) in [6.45, 7) is 4.84. The van der Waals surface area contributed by atoms with Crippen molar-refractivity contribution in [1.82, 2.24) is 30.3 Å². The molecule has 144 valence electrons. The number of aromatic nitrogens is 5. The topological polar surface area (TPSA) is 104 Å². The van der Waals surface area contributed by atoms with Crippen LogP contribution < -0.4 is 14.8 Å². The molecule has 1 N–H and O–H groups in total. The van der Waals surface area contributed by atoms with Crippen LogP contribution in [0.15, 0.2) is 36.5 Å². The molecule has 9 nitrogen and oxygen atoms in total. The maximum absolute atomic E-state index is 12.3. The number of nitrogens with zero attached hydrogens (tertiary/aromatic N) is 5. The van der Waals surface area contributed by atoms with E-state index >= 15 is 0 Å². The van der Waals surface area contributed by atoms with E-state index in [0.29, 0.717) is 24.7 Å². The highest BCUT2D eigenvalue weighted by molar-refractivity contribution is 5.91. The zero-order chi connectivity index (χ0) is 19.5. The van der Waals surface area contributed by atoms with Gasteiger partial charge in [-0.05, 0) is 32.0 Å². The van der Waals surface area contributed by atoms with Crippen LogP contribution in [0.5, 0.6) is 11.5 Å². The molecule has 1 amide bonds. The van der Waals surface area contributed by atoms with Gasteiger partial charge in [0.1, 0.15) is 12.4 Å². The number of aryl methyl sites for hydroxylation is 2. The van der Waals surface area contributed by atoms with E-state index in [4.69, 9.17) is 9.47 Å². The van der Waals surface area contributed by atoms with Gasteiger partial charge in [-0.25, -0.2) is 14.6 Å². The van der Waals surface area contributed by atoms with Crippen molar-refractivity contribution in [1.29, 1.82) is 0 Å². The quantitative estimate of drug-likeness (QED) is 0.714. The summed E-state index contributed by atoms with van der Waals surface area (Å²) >= 11 is 0. The molecule has 0 spiro atoms. The Morgan fingerprint density at radius 3 is 2.75 bits per heavy atom. The second kappa shape index (κ2) is 7.63. The highest BCUT2D eigenvalue weighted by atomic mass is 16.6. The van der Waals surface area contributed by atoms with Crippen molar-refractivity contribution in [3.8, 4) is 11.5 Å². The average Bonchev–Trinajstić information content (AvgIpc) is 3.14. The maximum atomic E-state index is 12.3. The highest BCUT2D eigenvalue weighted by Gasteiger charge is 2.22. The zero-order valence-corrected chi connectivity index (χ0v) is 15.6. The van der Waals surface area contributed by atoms with Gasteiger partial charge in [0, 0.05) is 11.4 Å². The van der Waals surface area contributed by atoms with E-state index < -0.39 is 0 Å². The number of nitrogens with one attached hydrogen (secondary N) is 1. The summed E-state index contributed by atoms with van der Waals surface area (Å²) in [4.78, 5) is 20.9. The van der Waals surface area contributed by atoms with Gasteiger partial charge in [-0.15, -0.1) is 5.10 Å². The fourth-order valence-corrected chi connectivity index (χ4v) is 2.98. The smallest absolute Gasteiger partial charge is 0.273 e. The van der Waals surface area contributed by atoms with Gasteiger partial charge in [0.05, 0.1) is 19.3 Å². The Morgan fingerprint density at radius 2 is 1.96 bits per heavy atom. The van der Waals surface area contributed by atoms with Crippen molar-refractivity contribution in [3.63, 3.8) is 0 Å². The number of carbonyl (C=O) groups excluding carboxylic acids is 1. The molecule has 4 rings (SSSR count). The Hall–Kier alpha value is -3.49. The lowest BCUT2D eigenvalue weighted by Crippen LogP contribution is -2.33. The number of fused-ring (bicyclic) bond motifs is 1. The summed E-state index contributed by atoms with van der Waals surface area (Å²) in [5.74, 6) is 1.65. The number of hydrogen-bond acceptors (Lipinski definition) is 7. The molecular formula is C19H20N6O3. The first-order valence-corrected chi connectivity index (χ1v) is 8.95. The molecule has 3 heterocycles. The zero-order valence-electron chi connectivity index (χ0n) is 15.6. The van der Waals surface area contributed by atoms with E-state index in [1.54, 1.807) is 10.9 Å². The van der Waals surface area contributed by atoms with Crippen molar-refractivity contribution < 1.29 is 14.3 Å². The van der Waals surface area contributed by atoms with E-state index in [9.17, 15) is 4.79 Å². The number of para-hydroxylation sites is 2. The Kier molecular flexibility index (Phi) is 4.88. The fraction of sp³-hybridized carbons (Fsp3) is 0.316. The maximum Gasteiger partial charge on any atom is 0.273 e. The van der Waals surface area contributed by atoms with Crippen molar-refractivity contribution in [2.24, 2.45) is 0 Å². The van der Waals surface area contributed by atoms with E-state index in [1.165, 1.54) is 0 Å². The standard InChI is InChI=1S/C19H20N6O3/c1-12-7-13(2)22-18(21-12)8-20-19(26)15-10-25(24-23-15)9-14-11-27-16-5-3-4-6-17(16)28-14/h3-7,10,14H,8-9,11H2,1-2H3,(H,20,26)/t14-/m1/s1. The van der Waals surface area contributed by atoms with Gasteiger partial charge in [0.15, 0.2) is 23.3 Å². The normalized spacial score (nSPS) is 15.3. The summed E-state index contributed by atoms with van der Waals surface area (Å²) in [6, 6.07) is 9.39.